The number of carbonyl (C=O) groups excluding carboxylic acids is 1. The Hall–Kier alpha value is -1.85. The van der Waals surface area contributed by atoms with Crippen LogP contribution in [0.25, 0.3) is 0 Å². The predicted octanol–water partition coefficient (Wildman–Crippen LogP) is 1.92. The summed E-state index contributed by atoms with van der Waals surface area (Å²) < 4.78 is 10.1. The Labute approximate surface area is 131 Å². The van der Waals surface area contributed by atoms with Crippen molar-refractivity contribution in [1.29, 1.82) is 0 Å². The molecule has 1 unspecified atom stereocenters. The number of methoxy groups -OCH3 is 1. The number of aliphatic hydroxyl groups is 1. The lowest BCUT2D eigenvalue weighted by molar-refractivity contribution is -0.139. The average molecular weight is 305 g/mol. The molecular weight excluding hydrogens is 282 g/mol. The van der Waals surface area contributed by atoms with Crippen molar-refractivity contribution in [1.82, 2.24) is 4.90 Å². The number of aliphatic hydroxyl groups excluding tert-OH is 1. The lowest BCUT2D eigenvalue weighted by Crippen LogP contribution is -2.35. The van der Waals surface area contributed by atoms with Gasteiger partial charge in [0.2, 0.25) is 0 Å². The van der Waals surface area contributed by atoms with Crippen molar-refractivity contribution in [2.24, 2.45) is 0 Å². The van der Waals surface area contributed by atoms with Gasteiger partial charge in [0.15, 0.2) is 0 Å². The molecule has 0 aromatic heterocycles. The second kappa shape index (κ2) is 7.96. The maximum Gasteiger partial charge on any atom is 0.334 e. The molecule has 0 bridgehead atoms. The zero-order valence-corrected chi connectivity index (χ0v) is 13.1. The smallest absolute Gasteiger partial charge is 0.334 e. The first-order chi connectivity index (χ1) is 10.6. The molecule has 0 saturated heterocycles. The quantitative estimate of drug-likeness (QED) is 0.814. The third-order valence-corrected chi connectivity index (χ3v) is 3.70. The third-order valence-electron chi connectivity index (χ3n) is 3.70. The van der Waals surface area contributed by atoms with Gasteiger partial charge >= 0.3 is 5.97 Å². The van der Waals surface area contributed by atoms with Gasteiger partial charge in [-0.1, -0.05) is 18.2 Å². The summed E-state index contributed by atoms with van der Waals surface area (Å²) in [6.45, 7) is 4.02. The van der Waals surface area contributed by atoms with Crippen molar-refractivity contribution in [2.75, 3.05) is 33.4 Å². The minimum Gasteiger partial charge on any atom is -0.497 e. The minimum atomic E-state index is -0.590. The van der Waals surface area contributed by atoms with E-state index in [0.29, 0.717) is 25.3 Å². The number of nitrogens with zero attached hydrogens (tertiary/aromatic N) is 1. The normalized spacial score (nSPS) is 16.8. The van der Waals surface area contributed by atoms with E-state index >= 15 is 0 Å². The third kappa shape index (κ3) is 4.32. The molecule has 0 radical (unpaired) electrons. The van der Waals surface area contributed by atoms with Gasteiger partial charge in [-0.3, -0.25) is 4.90 Å². The van der Waals surface area contributed by atoms with Gasteiger partial charge in [0, 0.05) is 25.2 Å². The van der Waals surface area contributed by atoms with E-state index in [1.807, 2.05) is 30.3 Å². The Bertz CT molecular complexity index is 524. The summed E-state index contributed by atoms with van der Waals surface area (Å²) >= 11 is 0. The van der Waals surface area contributed by atoms with Gasteiger partial charge in [0.05, 0.1) is 19.8 Å². The number of hydrogen-bond donors (Lipinski definition) is 1. The average Bonchev–Trinajstić information content (AvgIpc) is 2.55. The Morgan fingerprint density at radius 2 is 2.09 bits per heavy atom. The lowest BCUT2D eigenvalue weighted by atomic mass is 10.1. The molecule has 1 heterocycles. The van der Waals surface area contributed by atoms with Crippen LogP contribution in [0.3, 0.4) is 0 Å². The highest BCUT2D eigenvalue weighted by Crippen LogP contribution is 2.20. The fourth-order valence-corrected chi connectivity index (χ4v) is 2.51. The van der Waals surface area contributed by atoms with Crippen LogP contribution in [0.2, 0.25) is 0 Å². The molecule has 120 valence electrons. The Balaban J connectivity index is 1.92. The van der Waals surface area contributed by atoms with Crippen LogP contribution in [0.1, 0.15) is 25.0 Å². The fourth-order valence-electron chi connectivity index (χ4n) is 2.51. The number of carbonyl (C=O) groups is 1. The van der Waals surface area contributed by atoms with Gasteiger partial charge in [-0.15, -0.1) is 0 Å². The van der Waals surface area contributed by atoms with Crippen LogP contribution < -0.4 is 4.74 Å². The van der Waals surface area contributed by atoms with Gasteiger partial charge in [0.25, 0.3) is 0 Å². The monoisotopic (exact) mass is 305 g/mol. The number of rotatable bonds is 6. The Morgan fingerprint density at radius 3 is 2.73 bits per heavy atom. The zero-order valence-electron chi connectivity index (χ0n) is 13.1. The van der Waals surface area contributed by atoms with Crippen molar-refractivity contribution in [3.05, 3.63) is 41.5 Å². The first-order valence-corrected chi connectivity index (χ1v) is 7.54. The minimum absolute atomic E-state index is 0.258. The lowest BCUT2D eigenvalue weighted by Gasteiger charge is -2.28. The van der Waals surface area contributed by atoms with Crippen molar-refractivity contribution in [3.8, 4) is 5.75 Å². The van der Waals surface area contributed by atoms with Crippen LogP contribution in [0, 0.1) is 0 Å². The number of ether oxygens (including phenoxy) is 2. The van der Waals surface area contributed by atoms with Crippen molar-refractivity contribution in [3.63, 3.8) is 0 Å². The first-order valence-electron chi connectivity index (χ1n) is 7.54. The maximum atomic E-state index is 11.8. The van der Waals surface area contributed by atoms with Gasteiger partial charge in [-0.05, 0) is 31.0 Å². The molecule has 1 N–H and O–H groups in total. The van der Waals surface area contributed by atoms with Crippen LogP contribution in [0.4, 0.5) is 0 Å². The molecule has 1 aromatic rings. The summed E-state index contributed by atoms with van der Waals surface area (Å²) in [6.07, 6.45) is 2.13. The zero-order chi connectivity index (χ0) is 15.9. The molecule has 0 amide bonds. The van der Waals surface area contributed by atoms with Crippen molar-refractivity contribution >= 4 is 5.97 Å². The van der Waals surface area contributed by atoms with Crippen LogP contribution in [-0.2, 0) is 9.53 Å². The number of β-amino-alcohol motifs (C(OH)–C–C–N with tert-alkyl or cyclic N) is 1. The predicted molar refractivity (Wildman–Crippen MR) is 83.7 cm³/mol. The van der Waals surface area contributed by atoms with E-state index < -0.39 is 6.10 Å². The molecule has 5 nitrogen and oxygen atoms in total. The number of hydrogen-bond acceptors (Lipinski definition) is 5. The molecule has 0 saturated carbocycles. The Morgan fingerprint density at radius 1 is 1.36 bits per heavy atom. The molecule has 1 aliphatic rings. The molecule has 1 atom stereocenters. The van der Waals surface area contributed by atoms with E-state index in [4.69, 9.17) is 9.47 Å². The standard InChI is InChI=1S/C17H23NO4/c1-3-22-17(20)14-5-4-10-18(11-14)12-16(19)13-6-8-15(21-2)9-7-13/h5-9,16,19H,3-4,10-12H2,1-2H3. The molecule has 5 heteroatoms. The van der Waals surface area contributed by atoms with Crippen LogP contribution in [0.15, 0.2) is 35.9 Å². The van der Waals surface area contributed by atoms with Crippen molar-refractivity contribution < 1.29 is 19.4 Å². The maximum absolute atomic E-state index is 11.8. The van der Waals surface area contributed by atoms with E-state index in [2.05, 4.69) is 4.90 Å². The molecule has 1 aromatic carbocycles. The molecule has 2 rings (SSSR count). The summed E-state index contributed by atoms with van der Waals surface area (Å²) in [5.41, 5.74) is 1.52. The van der Waals surface area contributed by atoms with E-state index in [1.54, 1.807) is 14.0 Å². The topological polar surface area (TPSA) is 59.0 Å². The van der Waals surface area contributed by atoms with E-state index in [-0.39, 0.29) is 5.97 Å². The first kappa shape index (κ1) is 16.5. The molecular formula is C17H23NO4. The summed E-state index contributed by atoms with van der Waals surface area (Å²) in [6, 6.07) is 7.38. The summed E-state index contributed by atoms with van der Waals surface area (Å²) in [5, 5.41) is 10.3. The molecule has 22 heavy (non-hydrogen) atoms. The molecule has 0 fully saturated rings. The highest BCUT2D eigenvalue weighted by Gasteiger charge is 2.21. The van der Waals surface area contributed by atoms with Crippen LogP contribution >= 0.6 is 0 Å². The Kier molecular flexibility index (Phi) is 5.98. The number of esters is 1. The molecule has 1 aliphatic heterocycles. The van der Waals surface area contributed by atoms with Gasteiger partial charge in [0.1, 0.15) is 5.75 Å². The largest absolute Gasteiger partial charge is 0.497 e. The van der Waals surface area contributed by atoms with Gasteiger partial charge in [-0.2, -0.15) is 0 Å². The number of benzene rings is 1. The van der Waals surface area contributed by atoms with Crippen LogP contribution in [-0.4, -0.2) is 49.3 Å². The molecule has 0 spiro atoms. The molecule has 0 aliphatic carbocycles. The second-order valence-corrected chi connectivity index (χ2v) is 5.26. The summed E-state index contributed by atoms with van der Waals surface area (Å²) in [4.78, 5) is 13.8. The van der Waals surface area contributed by atoms with E-state index in [1.165, 1.54) is 0 Å². The van der Waals surface area contributed by atoms with E-state index in [0.717, 1.165) is 24.3 Å². The van der Waals surface area contributed by atoms with Gasteiger partial charge < -0.3 is 14.6 Å². The van der Waals surface area contributed by atoms with Crippen LogP contribution in [0.5, 0.6) is 5.75 Å². The SMILES string of the molecule is CCOC(=O)C1=CCCN(CC(O)c2ccc(OC)cc2)C1. The highest BCUT2D eigenvalue weighted by molar-refractivity contribution is 5.89. The fraction of sp³-hybridized carbons (Fsp3) is 0.471. The summed E-state index contributed by atoms with van der Waals surface area (Å²) in [7, 11) is 1.61. The van der Waals surface area contributed by atoms with Crippen molar-refractivity contribution in [2.45, 2.75) is 19.4 Å². The van der Waals surface area contributed by atoms with Gasteiger partial charge in [-0.25, -0.2) is 4.79 Å². The second-order valence-electron chi connectivity index (χ2n) is 5.26. The van der Waals surface area contributed by atoms with E-state index in [9.17, 15) is 9.90 Å². The highest BCUT2D eigenvalue weighted by atomic mass is 16.5. The summed E-state index contributed by atoms with van der Waals surface area (Å²) in [5.74, 6) is 0.507.